The van der Waals surface area contributed by atoms with Gasteiger partial charge < -0.3 is 16.0 Å². The van der Waals surface area contributed by atoms with Crippen LogP contribution in [-0.2, 0) is 15.0 Å². The summed E-state index contributed by atoms with van der Waals surface area (Å²) in [6, 6.07) is 14.8. The summed E-state index contributed by atoms with van der Waals surface area (Å²) in [4.78, 5) is 40.1. The number of thiazole rings is 1. The molecule has 0 aliphatic carbocycles. The number of carbonyl (C=O) groups excluding carboxylic acids is 3. The van der Waals surface area contributed by atoms with E-state index in [1.165, 1.54) is 18.3 Å². The lowest BCUT2D eigenvalue weighted by atomic mass is 9.87. The van der Waals surface area contributed by atoms with E-state index in [9.17, 15) is 14.4 Å². The van der Waals surface area contributed by atoms with Crippen LogP contribution in [0.2, 0.25) is 0 Å². The topological polar surface area (TPSA) is 100 Å². The molecule has 7 nitrogen and oxygen atoms in total. The highest BCUT2D eigenvalue weighted by molar-refractivity contribution is 7.14. The van der Waals surface area contributed by atoms with Crippen LogP contribution in [0.3, 0.4) is 0 Å². The molecule has 0 saturated heterocycles. The molecule has 3 aromatic rings. The van der Waals surface area contributed by atoms with Crippen molar-refractivity contribution in [2.75, 3.05) is 17.2 Å². The molecule has 8 heteroatoms. The monoisotopic (exact) mass is 464 g/mol. The Hall–Kier alpha value is -3.52. The van der Waals surface area contributed by atoms with Crippen molar-refractivity contribution in [2.45, 2.75) is 39.5 Å². The normalized spacial score (nSPS) is 11.0. The zero-order valence-corrected chi connectivity index (χ0v) is 20.0. The van der Waals surface area contributed by atoms with Crippen LogP contribution in [0.5, 0.6) is 0 Å². The van der Waals surface area contributed by atoms with Crippen LogP contribution in [-0.4, -0.2) is 29.3 Å². The maximum atomic E-state index is 12.3. The summed E-state index contributed by atoms with van der Waals surface area (Å²) in [6.45, 7) is 8.05. The van der Waals surface area contributed by atoms with E-state index in [2.05, 4.69) is 41.7 Å². The Labute approximate surface area is 197 Å². The third-order valence-electron chi connectivity index (χ3n) is 4.90. The first-order valence-corrected chi connectivity index (χ1v) is 11.5. The largest absolute Gasteiger partial charge is 0.352 e. The predicted octanol–water partition coefficient (Wildman–Crippen LogP) is 4.82. The summed E-state index contributed by atoms with van der Waals surface area (Å²) in [5.41, 5.74) is 4.07. The summed E-state index contributed by atoms with van der Waals surface area (Å²) < 4.78 is 0. The molecule has 33 heavy (non-hydrogen) atoms. The Morgan fingerprint density at radius 2 is 1.61 bits per heavy atom. The predicted molar refractivity (Wildman–Crippen MR) is 133 cm³/mol. The maximum Gasteiger partial charge on any atom is 0.251 e. The van der Waals surface area contributed by atoms with Gasteiger partial charge in [-0.25, -0.2) is 4.98 Å². The van der Waals surface area contributed by atoms with Crippen LogP contribution in [0.25, 0.3) is 11.3 Å². The van der Waals surface area contributed by atoms with Crippen molar-refractivity contribution < 1.29 is 14.4 Å². The average Bonchev–Trinajstić information content (AvgIpc) is 3.21. The SMILES string of the molecule is CC(=O)Nc1ccc(-c2csc(NC(=O)CCNC(=O)c3ccc(C(C)(C)C)cc3)n2)cc1. The van der Waals surface area contributed by atoms with Gasteiger partial charge in [-0.2, -0.15) is 0 Å². The van der Waals surface area contributed by atoms with E-state index >= 15 is 0 Å². The van der Waals surface area contributed by atoms with E-state index in [0.29, 0.717) is 16.4 Å². The second-order valence-corrected chi connectivity index (χ2v) is 9.54. The Morgan fingerprint density at radius 1 is 0.939 bits per heavy atom. The van der Waals surface area contributed by atoms with Crippen LogP contribution in [0.15, 0.2) is 53.9 Å². The summed E-state index contributed by atoms with van der Waals surface area (Å²) in [7, 11) is 0. The van der Waals surface area contributed by atoms with Crippen LogP contribution in [0.1, 0.15) is 50.0 Å². The first-order chi connectivity index (χ1) is 15.6. The Morgan fingerprint density at radius 3 is 2.21 bits per heavy atom. The standard InChI is InChI=1S/C25H28N4O3S/c1-16(30)27-20-11-7-17(8-12-20)21-15-33-24(28-21)29-22(31)13-14-26-23(32)18-5-9-19(10-6-18)25(2,3)4/h5-12,15H,13-14H2,1-4H3,(H,26,32)(H,27,30)(H,28,29,31). The van der Waals surface area contributed by atoms with Gasteiger partial charge >= 0.3 is 0 Å². The van der Waals surface area contributed by atoms with E-state index in [1.807, 2.05) is 29.6 Å². The summed E-state index contributed by atoms with van der Waals surface area (Å²) in [5.74, 6) is -0.557. The summed E-state index contributed by atoms with van der Waals surface area (Å²) in [6.07, 6.45) is 0.145. The molecule has 0 saturated carbocycles. The fraction of sp³-hybridized carbons (Fsp3) is 0.280. The van der Waals surface area contributed by atoms with Crippen LogP contribution in [0.4, 0.5) is 10.8 Å². The van der Waals surface area contributed by atoms with Crippen molar-refractivity contribution in [1.29, 1.82) is 0 Å². The van der Waals surface area contributed by atoms with Crippen LogP contribution >= 0.6 is 11.3 Å². The number of hydrogen-bond acceptors (Lipinski definition) is 5. The number of anilines is 2. The molecule has 0 aliphatic rings. The lowest BCUT2D eigenvalue weighted by molar-refractivity contribution is -0.116. The number of benzene rings is 2. The summed E-state index contributed by atoms with van der Waals surface area (Å²) >= 11 is 1.33. The number of amides is 3. The quantitative estimate of drug-likeness (QED) is 0.466. The van der Waals surface area contributed by atoms with Crippen LogP contribution in [0, 0.1) is 0 Å². The Kier molecular flexibility index (Phi) is 7.60. The number of nitrogens with zero attached hydrogens (tertiary/aromatic N) is 1. The van der Waals surface area contributed by atoms with Crippen molar-refractivity contribution in [1.82, 2.24) is 10.3 Å². The number of rotatable bonds is 7. The van der Waals surface area contributed by atoms with Gasteiger partial charge in [0.25, 0.3) is 5.91 Å². The van der Waals surface area contributed by atoms with Gasteiger partial charge in [0, 0.05) is 42.1 Å². The first kappa shape index (κ1) is 24.1. The minimum absolute atomic E-state index is 0.0267. The minimum Gasteiger partial charge on any atom is -0.352 e. The number of hydrogen-bond donors (Lipinski definition) is 3. The first-order valence-electron chi connectivity index (χ1n) is 10.6. The second kappa shape index (κ2) is 10.4. The van der Waals surface area contributed by atoms with Crippen molar-refractivity contribution >= 4 is 39.9 Å². The molecule has 0 bridgehead atoms. The molecule has 0 radical (unpaired) electrons. The highest BCUT2D eigenvalue weighted by atomic mass is 32.1. The highest BCUT2D eigenvalue weighted by Crippen LogP contribution is 2.26. The van der Waals surface area contributed by atoms with Gasteiger partial charge in [0.05, 0.1) is 5.69 Å². The molecule has 172 valence electrons. The third kappa shape index (κ3) is 6.98. The van der Waals surface area contributed by atoms with E-state index in [-0.39, 0.29) is 36.1 Å². The number of nitrogens with one attached hydrogen (secondary N) is 3. The van der Waals surface area contributed by atoms with E-state index in [0.717, 1.165) is 16.8 Å². The summed E-state index contributed by atoms with van der Waals surface area (Å²) in [5, 5.41) is 10.6. The van der Waals surface area contributed by atoms with Gasteiger partial charge in [-0.15, -0.1) is 11.3 Å². The molecule has 3 rings (SSSR count). The highest BCUT2D eigenvalue weighted by Gasteiger charge is 2.14. The molecule has 3 N–H and O–H groups in total. The zero-order chi connectivity index (χ0) is 24.0. The third-order valence-corrected chi connectivity index (χ3v) is 5.66. The lowest BCUT2D eigenvalue weighted by Crippen LogP contribution is -2.27. The Bertz CT molecular complexity index is 1130. The molecule has 1 aromatic heterocycles. The Balaban J connectivity index is 1.47. The van der Waals surface area contributed by atoms with Crippen molar-refractivity contribution in [3.8, 4) is 11.3 Å². The van der Waals surface area contributed by atoms with Gasteiger partial charge in [-0.1, -0.05) is 45.0 Å². The smallest absolute Gasteiger partial charge is 0.251 e. The second-order valence-electron chi connectivity index (χ2n) is 8.68. The molecule has 2 aromatic carbocycles. The fourth-order valence-electron chi connectivity index (χ4n) is 3.09. The number of carbonyl (C=O) groups is 3. The van der Waals surface area contributed by atoms with Gasteiger partial charge in [0.1, 0.15) is 0 Å². The van der Waals surface area contributed by atoms with E-state index in [4.69, 9.17) is 0 Å². The average molecular weight is 465 g/mol. The van der Waals surface area contributed by atoms with Gasteiger partial charge in [0.2, 0.25) is 11.8 Å². The molecular weight excluding hydrogens is 436 g/mol. The lowest BCUT2D eigenvalue weighted by Gasteiger charge is -2.19. The van der Waals surface area contributed by atoms with Crippen molar-refractivity contribution in [3.05, 3.63) is 65.0 Å². The maximum absolute atomic E-state index is 12.3. The van der Waals surface area contributed by atoms with E-state index < -0.39 is 0 Å². The molecule has 0 aliphatic heterocycles. The van der Waals surface area contributed by atoms with E-state index in [1.54, 1.807) is 24.3 Å². The van der Waals surface area contributed by atoms with Crippen LogP contribution < -0.4 is 16.0 Å². The molecule has 0 atom stereocenters. The molecular formula is C25H28N4O3S. The van der Waals surface area contributed by atoms with Gasteiger partial charge in [0.15, 0.2) is 5.13 Å². The molecule has 0 spiro atoms. The molecule has 3 amide bonds. The zero-order valence-electron chi connectivity index (χ0n) is 19.2. The minimum atomic E-state index is -0.222. The molecule has 1 heterocycles. The number of aromatic nitrogens is 1. The fourth-order valence-corrected chi connectivity index (χ4v) is 3.82. The van der Waals surface area contributed by atoms with Gasteiger partial charge in [-0.05, 0) is 35.2 Å². The van der Waals surface area contributed by atoms with Crippen molar-refractivity contribution in [2.24, 2.45) is 0 Å². The van der Waals surface area contributed by atoms with Gasteiger partial charge in [-0.3, -0.25) is 14.4 Å². The molecule has 0 unspecified atom stereocenters. The molecule has 0 fully saturated rings. The van der Waals surface area contributed by atoms with Crippen molar-refractivity contribution in [3.63, 3.8) is 0 Å².